The number of nitrogens with one attached hydrogen (secondary N) is 1. The van der Waals surface area contributed by atoms with E-state index in [0.717, 1.165) is 12.8 Å². The van der Waals surface area contributed by atoms with Crippen molar-refractivity contribution < 1.29 is 14.3 Å². The number of carbonyl (C=O) groups is 2. The maximum Gasteiger partial charge on any atom is 0.332 e. The highest BCUT2D eigenvalue weighted by Crippen LogP contribution is 2.13. The maximum atomic E-state index is 11.9. The van der Waals surface area contributed by atoms with E-state index in [9.17, 15) is 9.59 Å². The first-order valence-electron chi connectivity index (χ1n) is 7.14. The van der Waals surface area contributed by atoms with Crippen LogP contribution >= 0.6 is 0 Å². The van der Waals surface area contributed by atoms with Crippen molar-refractivity contribution >= 4 is 11.9 Å². The Kier molecular flexibility index (Phi) is 6.37. The van der Waals surface area contributed by atoms with Gasteiger partial charge < -0.3 is 15.8 Å². The number of rotatable bonds is 7. The Labute approximate surface area is 125 Å². The second kappa shape index (κ2) is 7.78. The third-order valence-corrected chi connectivity index (χ3v) is 3.17. The van der Waals surface area contributed by atoms with E-state index in [0.29, 0.717) is 0 Å². The molecule has 3 N–H and O–H groups in total. The molecule has 0 bridgehead atoms. The largest absolute Gasteiger partial charge is 0.464 e. The van der Waals surface area contributed by atoms with Crippen LogP contribution in [0.2, 0.25) is 0 Å². The van der Waals surface area contributed by atoms with Gasteiger partial charge in [-0.3, -0.25) is 4.79 Å². The van der Waals surface area contributed by atoms with Crippen LogP contribution in [0.3, 0.4) is 0 Å². The van der Waals surface area contributed by atoms with Gasteiger partial charge in [-0.25, -0.2) is 4.79 Å². The monoisotopic (exact) mass is 292 g/mol. The average Bonchev–Trinajstić information content (AvgIpc) is 2.45. The van der Waals surface area contributed by atoms with Crippen LogP contribution in [0.5, 0.6) is 0 Å². The molecule has 0 aromatic heterocycles. The molecule has 0 saturated heterocycles. The Morgan fingerprint density at radius 1 is 1.29 bits per heavy atom. The SMILES string of the molecule is CCOC(=O)C(N)C(=O)NC(C)(C)CCc1ccccc1. The summed E-state index contributed by atoms with van der Waals surface area (Å²) in [6.07, 6.45) is 1.58. The summed E-state index contributed by atoms with van der Waals surface area (Å²) in [7, 11) is 0. The van der Waals surface area contributed by atoms with Crippen molar-refractivity contribution in [3.63, 3.8) is 0 Å². The zero-order valence-corrected chi connectivity index (χ0v) is 12.9. The Balaban J connectivity index is 2.51. The minimum Gasteiger partial charge on any atom is -0.464 e. The third-order valence-electron chi connectivity index (χ3n) is 3.17. The lowest BCUT2D eigenvalue weighted by atomic mass is 9.95. The van der Waals surface area contributed by atoms with Crippen molar-refractivity contribution in [3.05, 3.63) is 35.9 Å². The molecule has 0 saturated carbocycles. The summed E-state index contributed by atoms with van der Waals surface area (Å²) in [6, 6.07) is 8.75. The fourth-order valence-electron chi connectivity index (χ4n) is 1.91. The van der Waals surface area contributed by atoms with Crippen LogP contribution < -0.4 is 11.1 Å². The molecule has 0 heterocycles. The van der Waals surface area contributed by atoms with Crippen molar-refractivity contribution in [3.8, 4) is 0 Å². The highest BCUT2D eigenvalue weighted by atomic mass is 16.5. The first-order valence-corrected chi connectivity index (χ1v) is 7.14. The van der Waals surface area contributed by atoms with E-state index in [-0.39, 0.29) is 6.61 Å². The van der Waals surface area contributed by atoms with Crippen molar-refractivity contribution in [1.82, 2.24) is 5.32 Å². The molecular formula is C16H24N2O3. The van der Waals surface area contributed by atoms with E-state index in [1.807, 2.05) is 44.2 Å². The minimum atomic E-state index is -1.28. The van der Waals surface area contributed by atoms with Gasteiger partial charge in [-0.2, -0.15) is 0 Å². The molecule has 1 unspecified atom stereocenters. The summed E-state index contributed by atoms with van der Waals surface area (Å²) in [5.74, 6) is -1.21. The second-order valence-electron chi connectivity index (χ2n) is 5.59. The van der Waals surface area contributed by atoms with E-state index in [1.54, 1.807) is 6.92 Å². The predicted molar refractivity (Wildman–Crippen MR) is 81.6 cm³/mol. The van der Waals surface area contributed by atoms with E-state index >= 15 is 0 Å². The lowest BCUT2D eigenvalue weighted by Gasteiger charge is -2.27. The van der Waals surface area contributed by atoms with Crippen molar-refractivity contribution in [2.45, 2.75) is 45.2 Å². The zero-order valence-electron chi connectivity index (χ0n) is 12.9. The lowest BCUT2D eigenvalue weighted by molar-refractivity contribution is -0.148. The summed E-state index contributed by atoms with van der Waals surface area (Å²) in [4.78, 5) is 23.4. The zero-order chi connectivity index (χ0) is 15.9. The number of hydrogen-bond acceptors (Lipinski definition) is 4. The van der Waals surface area contributed by atoms with Gasteiger partial charge in [0.1, 0.15) is 0 Å². The third kappa shape index (κ3) is 5.95. The normalized spacial score (nSPS) is 12.6. The molecule has 5 heteroatoms. The number of nitrogens with two attached hydrogens (primary N) is 1. The molecule has 0 spiro atoms. The summed E-state index contributed by atoms with van der Waals surface area (Å²) >= 11 is 0. The maximum absolute atomic E-state index is 11.9. The molecule has 0 fully saturated rings. The molecule has 5 nitrogen and oxygen atoms in total. The lowest BCUT2D eigenvalue weighted by Crippen LogP contribution is -2.53. The standard InChI is InChI=1S/C16H24N2O3/c1-4-21-15(20)13(17)14(19)18-16(2,3)11-10-12-8-6-5-7-9-12/h5-9,13H,4,10-11,17H2,1-3H3,(H,18,19). The molecule has 1 amide bonds. The minimum absolute atomic E-state index is 0.206. The Morgan fingerprint density at radius 3 is 2.48 bits per heavy atom. The number of benzene rings is 1. The van der Waals surface area contributed by atoms with Gasteiger partial charge in [-0.15, -0.1) is 0 Å². The van der Waals surface area contributed by atoms with Crippen LogP contribution in [0.1, 0.15) is 32.8 Å². The van der Waals surface area contributed by atoms with Crippen molar-refractivity contribution in [1.29, 1.82) is 0 Å². The molecule has 1 rings (SSSR count). The number of amides is 1. The number of hydrogen-bond donors (Lipinski definition) is 2. The van der Waals surface area contributed by atoms with Gasteiger partial charge in [0.15, 0.2) is 6.04 Å². The van der Waals surface area contributed by atoms with Gasteiger partial charge in [0.05, 0.1) is 6.61 Å². The van der Waals surface area contributed by atoms with E-state index in [1.165, 1.54) is 5.56 Å². The van der Waals surface area contributed by atoms with Gasteiger partial charge in [-0.1, -0.05) is 30.3 Å². The van der Waals surface area contributed by atoms with Gasteiger partial charge in [0.2, 0.25) is 5.91 Å². The summed E-state index contributed by atoms with van der Waals surface area (Å²) < 4.78 is 4.74. The smallest absolute Gasteiger partial charge is 0.332 e. The topological polar surface area (TPSA) is 81.4 Å². The van der Waals surface area contributed by atoms with Crippen LogP contribution in [0.15, 0.2) is 30.3 Å². The van der Waals surface area contributed by atoms with Gasteiger partial charge in [0, 0.05) is 5.54 Å². The highest BCUT2D eigenvalue weighted by Gasteiger charge is 2.28. The molecule has 0 radical (unpaired) electrons. The summed E-state index contributed by atoms with van der Waals surface area (Å²) in [6.45, 7) is 5.70. The molecule has 1 aromatic carbocycles. The Hall–Kier alpha value is -1.88. The molecule has 0 aliphatic rings. The molecular weight excluding hydrogens is 268 g/mol. The number of esters is 1. The van der Waals surface area contributed by atoms with Gasteiger partial charge in [0.25, 0.3) is 0 Å². The number of ether oxygens (including phenoxy) is 1. The quantitative estimate of drug-likeness (QED) is 0.588. The molecule has 0 aliphatic carbocycles. The van der Waals surface area contributed by atoms with Gasteiger partial charge in [-0.05, 0) is 39.2 Å². The Bertz CT molecular complexity index is 472. The van der Waals surface area contributed by atoms with Gasteiger partial charge >= 0.3 is 5.97 Å². The first-order chi connectivity index (χ1) is 9.85. The Morgan fingerprint density at radius 2 is 1.90 bits per heavy atom. The van der Waals surface area contributed by atoms with E-state index < -0.39 is 23.5 Å². The molecule has 116 valence electrons. The summed E-state index contributed by atoms with van der Waals surface area (Å²) in [5, 5.41) is 2.80. The number of carbonyl (C=O) groups excluding carboxylic acids is 2. The second-order valence-corrected chi connectivity index (χ2v) is 5.59. The van der Waals surface area contributed by atoms with Crippen LogP contribution in [0.4, 0.5) is 0 Å². The summed E-state index contributed by atoms with van der Waals surface area (Å²) in [5.41, 5.74) is 6.33. The van der Waals surface area contributed by atoms with Crippen LogP contribution in [-0.2, 0) is 20.7 Å². The van der Waals surface area contributed by atoms with E-state index in [4.69, 9.17) is 10.5 Å². The highest BCUT2D eigenvalue weighted by molar-refractivity contribution is 6.01. The molecule has 1 aromatic rings. The molecule has 0 aliphatic heterocycles. The van der Waals surface area contributed by atoms with Crippen LogP contribution in [0, 0.1) is 0 Å². The average molecular weight is 292 g/mol. The fourth-order valence-corrected chi connectivity index (χ4v) is 1.91. The van der Waals surface area contributed by atoms with E-state index in [2.05, 4.69) is 5.32 Å². The van der Waals surface area contributed by atoms with Crippen LogP contribution in [0.25, 0.3) is 0 Å². The molecule has 21 heavy (non-hydrogen) atoms. The van der Waals surface area contributed by atoms with Crippen molar-refractivity contribution in [2.75, 3.05) is 6.61 Å². The molecule has 1 atom stereocenters. The number of aryl methyl sites for hydroxylation is 1. The van der Waals surface area contributed by atoms with Crippen LogP contribution in [-0.4, -0.2) is 30.1 Å². The van der Waals surface area contributed by atoms with Crippen molar-refractivity contribution in [2.24, 2.45) is 5.73 Å². The first kappa shape index (κ1) is 17.2. The fraction of sp³-hybridized carbons (Fsp3) is 0.500. The predicted octanol–water partition coefficient (Wildman–Crippen LogP) is 1.40.